The molecule has 1 unspecified atom stereocenters. The van der Waals surface area contributed by atoms with Gasteiger partial charge in [0.15, 0.2) is 0 Å². The smallest absolute Gasteiger partial charge is 0.264 e. The molecule has 0 aromatic carbocycles. The standard InChI is InChI=1S/C17H24N2O4S2/c1-11(2)6-19-10-17-9-18(16(20)14-4-12(3)8-24-14)7-13(23-17)5-15(17)25(19,21)22/h4,8,11,13,15H,5-7,9-10H2,1-3H3/t13-,15+,17?/m1/s1. The highest BCUT2D eigenvalue weighted by Crippen LogP contribution is 2.47. The van der Waals surface area contributed by atoms with Crippen molar-refractivity contribution in [2.24, 2.45) is 5.92 Å². The predicted octanol–water partition coefficient (Wildman–Crippen LogP) is 1.71. The Balaban J connectivity index is 1.61. The highest BCUT2D eigenvalue weighted by molar-refractivity contribution is 7.90. The van der Waals surface area contributed by atoms with Gasteiger partial charge in [-0.3, -0.25) is 4.79 Å². The second-order valence-corrected chi connectivity index (χ2v) is 11.0. The lowest BCUT2D eigenvalue weighted by atomic mass is 9.99. The zero-order valence-electron chi connectivity index (χ0n) is 14.8. The van der Waals surface area contributed by atoms with Crippen LogP contribution < -0.4 is 0 Å². The van der Waals surface area contributed by atoms with Gasteiger partial charge in [-0.2, -0.15) is 4.31 Å². The van der Waals surface area contributed by atoms with Gasteiger partial charge in [-0.15, -0.1) is 11.3 Å². The van der Waals surface area contributed by atoms with Gasteiger partial charge in [0.05, 0.1) is 17.5 Å². The molecule has 0 saturated carbocycles. The van der Waals surface area contributed by atoms with Gasteiger partial charge in [-0.05, 0) is 36.3 Å². The first-order chi connectivity index (χ1) is 11.7. The summed E-state index contributed by atoms with van der Waals surface area (Å²) in [4.78, 5) is 15.4. The molecule has 3 fully saturated rings. The number of likely N-dealkylation sites (tertiary alicyclic amines) is 1. The molecule has 1 aromatic heterocycles. The molecule has 4 rings (SSSR count). The number of aryl methyl sites for hydroxylation is 1. The highest BCUT2D eigenvalue weighted by atomic mass is 32.2. The van der Waals surface area contributed by atoms with Crippen LogP contribution in [0.4, 0.5) is 0 Å². The Bertz CT molecular complexity index is 803. The number of amides is 1. The van der Waals surface area contributed by atoms with Gasteiger partial charge in [0.1, 0.15) is 10.9 Å². The molecule has 3 aliphatic rings. The number of carbonyl (C=O) groups excluding carboxylic acids is 1. The van der Waals surface area contributed by atoms with Crippen LogP contribution in [0, 0.1) is 12.8 Å². The second-order valence-electron chi connectivity index (χ2n) is 7.93. The predicted molar refractivity (Wildman–Crippen MR) is 96.3 cm³/mol. The third kappa shape index (κ3) is 2.74. The van der Waals surface area contributed by atoms with Crippen molar-refractivity contribution in [2.45, 2.75) is 44.1 Å². The number of thiophene rings is 1. The number of hydrogen-bond donors (Lipinski definition) is 0. The number of carbonyl (C=O) groups is 1. The summed E-state index contributed by atoms with van der Waals surface area (Å²) in [5.74, 6) is 0.252. The van der Waals surface area contributed by atoms with E-state index in [-0.39, 0.29) is 17.9 Å². The molecule has 3 atom stereocenters. The first kappa shape index (κ1) is 17.5. The number of rotatable bonds is 3. The lowest BCUT2D eigenvalue weighted by Crippen LogP contribution is -2.56. The van der Waals surface area contributed by atoms with Crippen molar-refractivity contribution in [1.82, 2.24) is 9.21 Å². The first-order valence-corrected chi connectivity index (χ1v) is 11.1. The van der Waals surface area contributed by atoms with Crippen molar-refractivity contribution in [3.63, 3.8) is 0 Å². The van der Waals surface area contributed by atoms with Gasteiger partial charge < -0.3 is 9.64 Å². The number of hydrogen-bond acceptors (Lipinski definition) is 5. The topological polar surface area (TPSA) is 66.9 Å². The van der Waals surface area contributed by atoms with Crippen LogP contribution in [-0.4, -0.2) is 66.7 Å². The zero-order valence-corrected chi connectivity index (χ0v) is 16.4. The van der Waals surface area contributed by atoms with E-state index >= 15 is 0 Å². The van der Waals surface area contributed by atoms with Crippen molar-refractivity contribution in [3.8, 4) is 0 Å². The highest BCUT2D eigenvalue weighted by Gasteiger charge is 2.65. The third-order valence-electron chi connectivity index (χ3n) is 5.31. The molecular formula is C17H24N2O4S2. The lowest BCUT2D eigenvalue weighted by molar-refractivity contribution is -0.0979. The molecule has 1 amide bonds. The Morgan fingerprint density at radius 3 is 2.84 bits per heavy atom. The number of morpholine rings is 1. The maximum Gasteiger partial charge on any atom is 0.264 e. The van der Waals surface area contributed by atoms with Crippen LogP contribution >= 0.6 is 11.3 Å². The number of nitrogens with zero attached hydrogens (tertiary/aromatic N) is 2. The maximum absolute atomic E-state index is 12.9. The van der Waals surface area contributed by atoms with E-state index in [1.54, 1.807) is 9.21 Å². The molecule has 1 spiro atoms. The molecule has 25 heavy (non-hydrogen) atoms. The SMILES string of the molecule is Cc1csc(C(=O)N2C[C@H]3C[C@H]4C(C2)(CN(CC(C)C)S4(=O)=O)O3)c1. The monoisotopic (exact) mass is 384 g/mol. The van der Waals surface area contributed by atoms with E-state index in [9.17, 15) is 13.2 Å². The van der Waals surface area contributed by atoms with Gasteiger partial charge in [0.25, 0.3) is 5.91 Å². The van der Waals surface area contributed by atoms with Gasteiger partial charge in [-0.25, -0.2) is 8.42 Å². The van der Waals surface area contributed by atoms with Crippen molar-refractivity contribution in [2.75, 3.05) is 26.2 Å². The molecule has 3 saturated heterocycles. The molecule has 138 valence electrons. The Morgan fingerprint density at radius 2 is 2.20 bits per heavy atom. The molecule has 6 nitrogen and oxygen atoms in total. The van der Waals surface area contributed by atoms with Crippen LogP contribution in [0.15, 0.2) is 11.4 Å². The summed E-state index contributed by atoms with van der Waals surface area (Å²) in [5.41, 5.74) is 0.311. The van der Waals surface area contributed by atoms with Crippen LogP contribution in [0.25, 0.3) is 0 Å². The normalized spacial score (nSPS) is 33.8. The summed E-state index contributed by atoms with van der Waals surface area (Å²) in [7, 11) is -3.36. The minimum Gasteiger partial charge on any atom is -0.365 e. The van der Waals surface area contributed by atoms with E-state index in [1.165, 1.54) is 11.3 Å². The van der Waals surface area contributed by atoms with E-state index in [0.29, 0.717) is 37.5 Å². The second kappa shape index (κ2) is 5.77. The average molecular weight is 385 g/mol. The summed E-state index contributed by atoms with van der Waals surface area (Å²) in [6.07, 6.45) is 0.309. The summed E-state index contributed by atoms with van der Waals surface area (Å²) in [6.45, 7) is 7.71. The maximum atomic E-state index is 12.9. The van der Waals surface area contributed by atoms with Gasteiger partial charge in [0.2, 0.25) is 10.0 Å². The average Bonchev–Trinajstić information content (AvgIpc) is 3.11. The molecule has 0 aliphatic carbocycles. The van der Waals surface area contributed by atoms with Crippen molar-refractivity contribution in [1.29, 1.82) is 0 Å². The summed E-state index contributed by atoms with van der Waals surface area (Å²) in [5, 5.41) is 1.44. The largest absolute Gasteiger partial charge is 0.365 e. The Morgan fingerprint density at radius 1 is 1.44 bits per heavy atom. The van der Waals surface area contributed by atoms with Gasteiger partial charge >= 0.3 is 0 Å². The zero-order chi connectivity index (χ0) is 18.0. The molecular weight excluding hydrogens is 360 g/mol. The fraction of sp³-hybridized carbons (Fsp3) is 0.706. The number of ether oxygens (including phenoxy) is 1. The molecule has 3 aliphatic heterocycles. The van der Waals surface area contributed by atoms with E-state index in [0.717, 1.165) is 5.56 Å². The van der Waals surface area contributed by atoms with Crippen LogP contribution in [0.5, 0.6) is 0 Å². The van der Waals surface area contributed by atoms with Crippen molar-refractivity contribution in [3.05, 3.63) is 21.9 Å². The van der Waals surface area contributed by atoms with E-state index in [4.69, 9.17) is 4.74 Å². The van der Waals surface area contributed by atoms with Crippen LogP contribution in [0.3, 0.4) is 0 Å². The minimum absolute atomic E-state index is 0.00821. The summed E-state index contributed by atoms with van der Waals surface area (Å²) in [6, 6.07) is 1.90. The molecule has 4 heterocycles. The molecule has 1 aromatic rings. The Labute approximate surface area is 152 Å². The fourth-order valence-corrected chi connectivity index (χ4v) is 7.71. The molecule has 8 heteroatoms. The number of fused-ring (bicyclic) bond motifs is 1. The lowest BCUT2D eigenvalue weighted by Gasteiger charge is -2.39. The molecule has 2 bridgehead atoms. The van der Waals surface area contributed by atoms with Gasteiger partial charge in [0, 0.05) is 19.6 Å². The van der Waals surface area contributed by atoms with Crippen LogP contribution in [0.1, 0.15) is 35.5 Å². The fourth-order valence-electron chi connectivity index (χ4n) is 4.37. The Hall–Kier alpha value is -0.960. The van der Waals surface area contributed by atoms with E-state index < -0.39 is 20.9 Å². The van der Waals surface area contributed by atoms with E-state index in [2.05, 4.69) is 0 Å². The molecule has 0 N–H and O–H groups in total. The molecule has 0 radical (unpaired) electrons. The summed E-state index contributed by atoms with van der Waals surface area (Å²) < 4.78 is 33.6. The number of sulfonamides is 1. The third-order valence-corrected chi connectivity index (χ3v) is 8.68. The summed E-state index contributed by atoms with van der Waals surface area (Å²) >= 11 is 1.45. The van der Waals surface area contributed by atoms with E-state index in [1.807, 2.05) is 32.2 Å². The van der Waals surface area contributed by atoms with Crippen LogP contribution in [0.2, 0.25) is 0 Å². The van der Waals surface area contributed by atoms with Gasteiger partial charge in [-0.1, -0.05) is 13.8 Å². The quantitative estimate of drug-likeness (QED) is 0.796. The van der Waals surface area contributed by atoms with Crippen molar-refractivity contribution < 1.29 is 17.9 Å². The Kier molecular flexibility index (Phi) is 4.03. The van der Waals surface area contributed by atoms with Crippen LogP contribution in [-0.2, 0) is 14.8 Å². The first-order valence-electron chi connectivity index (χ1n) is 8.72. The van der Waals surface area contributed by atoms with Crippen molar-refractivity contribution >= 4 is 27.3 Å². The minimum atomic E-state index is -3.36.